The molecule has 0 amide bonds. The molecule has 0 saturated heterocycles. The zero-order chi connectivity index (χ0) is 15.4. The van der Waals surface area contributed by atoms with Crippen molar-refractivity contribution in [3.8, 4) is 0 Å². The zero-order valence-electron chi connectivity index (χ0n) is 10.9. The van der Waals surface area contributed by atoms with Crippen molar-refractivity contribution in [3.05, 3.63) is 35.4 Å². The van der Waals surface area contributed by atoms with E-state index in [1.54, 1.807) is 0 Å². The number of nitrogens with one attached hydrogen (secondary N) is 1. The molecule has 8 heteroatoms. The SMILES string of the molecule is CS(=O)(=O)CCCC(NN)c1ccc(C(F)(F)F)cc1. The minimum atomic E-state index is -4.37. The molecule has 0 aliphatic rings. The Labute approximate surface area is 116 Å². The summed E-state index contributed by atoms with van der Waals surface area (Å²) in [6, 6.07) is 4.27. The molecule has 1 rings (SSSR count). The van der Waals surface area contributed by atoms with Crippen LogP contribution < -0.4 is 11.3 Å². The molecule has 114 valence electrons. The number of halogens is 3. The van der Waals surface area contributed by atoms with Gasteiger partial charge in [0.2, 0.25) is 0 Å². The third kappa shape index (κ3) is 5.48. The van der Waals surface area contributed by atoms with E-state index in [0.29, 0.717) is 18.4 Å². The van der Waals surface area contributed by atoms with Crippen LogP contribution in [0.25, 0.3) is 0 Å². The monoisotopic (exact) mass is 310 g/mol. The normalized spacial score (nSPS) is 14.2. The molecule has 0 aliphatic carbocycles. The molecule has 0 saturated carbocycles. The number of hydrogen-bond donors (Lipinski definition) is 2. The Hall–Kier alpha value is -1.12. The highest BCUT2D eigenvalue weighted by Gasteiger charge is 2.30. The van der Waals surface area contributed by atoms with E-state index in [9.17, 15) is 21.6 Å². The Morgan fingerprint density at radius 3 is 2.20 bits per heavy atom. The molecule has 1 atom stereocenters. The van der Waals surface area contributed by atoms with Gasteiger partial charge < -0.3 is 0 Å². The lowest BCUT2D eigenvalue weighted by atomic mass is 10.0. The van der Waals surface area contributed by atoms with Crippen LogP contribution in [0, 0.1) is 0 Å². The van der Waals surface area contributed by atoms with Gasteiger partial charge in [-0.3, -0.25) is 11.3 Å². The predicted molar refractivity (Wildman–Crippen MR) is 70.5 cm³/mol. The van der Waals surface area contributed by atoms with Crippen LogP contribution in [0.5, 0.6) is 0 Å². The van der Waals surface area contributed by atoms with Gasteiger partial charge in [-0.1, -0.05) is 12.1 Å². The third-order valence-corrected chi connectivity index (χ3v) is 3.88. The van der Waals surface area contributed by atoms with Gasteiger partial charge in [0.15, 0.2) is 0 Å². The summed E-state index contributed by atoms with van der Waals surface area (Å²) in [4.78, 5) is 0. The van der Waals surface area contributed by atoms with Crippen LogP contribution in [0.4, 0.5) is 13.2 Å². The number of benzene rings is 1. The van der Waals surface area contributed by atoms with E-state index in [4.69, 9.17) is 5.84 Å². The van der Waals surface area contributed by atoms with Crippen LogP contribution in [-0.2, 0) is 16.0 Å². The molecule has 1 aromatic carbocycles. The Kier molecular flexibility index (Phi) is 5.55. The second-order valence-corrected chi connectivity index (χ2v) is 6.87. The van der Waals surface area contributed by atoms with Crippen LogP contribution in [0.2, 0.25) is 0 Å². The van der Waals surface area contributed by atoms with Gasteiger partial charge in [0.1, 0.15) is 9.84 Å². The molecule has 0 fully saturated rings. The van der Waals surface area contributed by atoms with Crippen LogP contribution in [-0.4, -0.2) is 20.4 Å². The van der Waals surface area contributed by atoms with E-state index in [-0.39, 0.29) is 11.8 Å². The Balaban J connectivity index is 2.71. The zero-order valence-corrected chi connectivity index (χ0v) is 11.8. The first-order chi connectivity index (χ1) is 9.13. The summed E-state index contributed by atoms with van der Waals surface area (Å²) in [5.74, 6) is 5.38. The molecule has 20 heavy (non-hydrogen) atoms. The molecule has 1 unspecified atom stereocenters. The number of alkyl halides is 3. The van der Waals surface area contributed by atoms with Crippen molar-refractivity contribution < 1.29 is 21.6 Å². The second kappa shape index (κ2) is 6.55. The molecule has 3 N–H and O–H groups in total. The van der Waals surface area contributed by atoms with Crippen LogP contribution in [0.1, 0.15) is 30.0 Å². The molecule has 4 nitrogen and oxygen atoms in total. The van der Waals surface area contributed by atoms with Gasteiger partial charge in [-0.15, -0.1) is 0 Å². The Morgan fingerprint density at radius 2 is 1.80 bits per heavy atom. The first-order valence-electron chi connectivity index (χ1n) is 5.94. The topological polar surface area (TPSA) is 72.2 Å². The summed E-state index contributed by atoms with van der Waals surface area (Å²) >= 11 is 0. The number of nitrogens with two attached hydrogens (primary N) is 1. The van der Waals surface area contributed by atoms with Crippen molar-refractivity contribution in [2.75, 3.05) is 12.0 Å². The van der Waals surface area contributed by atoms with E-state index < -0.39 is 21.6 Å². The highest BCUT2D eigenvalue weighted by atomic mass is 32.2. The van der Waals surface area contributed by atoms with Crippen molar-refractivity contribution in [3.63, 3.8) is 0 Å². The molecule has 0 aliphatic heterocycles. The van der Waals surface area contributed by atoms with Gasteiger partial charge in [0, 0.05) is 18.1 Å². The number of hydrazine groups is 1. The summed E-state index contributed by atoms with van der Waals surface area (Å²) in [7, 11) is -3.05. The molecular formula is C12H17F3N2O2S. The lowest BCUT2D eigenvalue weighted by molar-refractivity contribution is -0.137. The first-order valence-corrected chi connectivity index (χ1v) is 8.00. The van der Waals surface area contributed by atoms with Gasteiger partial charge in [0.25, 0.3) is 0 Å². The number of sulfone groups is 1. The fraction of sp³-hybridized carbons (Fsp3) is 0.500. The smallest absolute Gasteiger partial charge is 0.271 e. The van der Waals surface area contributed by atoms with E-state index in [1.807, 2.05) is 0 Å². The van der Waals surface area contributed by atoms with E-state index in [1.165, 1.54) is 12.1 Å². The molecular weight excluding hydrogens is 293 g/mol. The van der Waals surface area contributed by atoms with Crippen molar-refractivity contribution in [1.82, 2.24) is 5.43 Å². The van der Waals surface area contributed by atoms with Gasteiger partial charge in [0.05, 0.1) is 5.56 Å². The lowest BCUT2D eigenvalue weighted by Crippen LogP contribution is -2.28. The minimum Gasteiger partial charge on any atom is -0.271 e. The summed E-state index contributed by atoms with van der Waals surface area (Å²) in [5, 5.41) is 0. The predicted octanol–water partition coefficient (Wildman–Crippen LogP) is 2.03. The average molecular weight is 310 g/mol. The number of hydrogen-bond acceptors (Lipinski definition) is 4. The maximum absolute atomic E-state index is 12.4. The standard InChI is InChI=1S/C12H17F3N2O2S/c1-20(18,19)8-2-3-11(17-16)9-4-6-10(7-5-9)12(13,14)15/h4-7,11,17H,2-3,8,16H2,1H3. The summed E-state index contributed by atoms with van der Waals surface area (Å²) < 4.78 is 59.3. The second-order valence-electron chi connectivity index (χ2n) is 4.61. The molecule has 1 aromatic rings. The van der Waals surface area contributed by atoms with Gasteiger partial charge >= 0.3 is 6.18 Å². The van der Waals surface area contributed by atoms with Crippen molar-refractivity contribution in [2.24, 2.45) is 5.84 Å². The number of rotatable bonds is 6. The molecule has 0 heterocycles. The van der Waals surface area contributed by atoms with Crippen LogP contribution in [0.15, 0.2) is 24.3 Å². The Bertz CT molecular complexity index is 527. The highest BCUT2D eigenvalue weighted by Crippen LogP contribution is 2.30. The third-order valence-electron chi connectivity index (χ3n) is 2.85. The fourth-order valence-electron chi connectivity index (χ4n) is 1.80. The van der Waals surface area contributed by atoms with Crippen molar-refractivity contribution >= 4 is 9.84 Å². The van der Waals surface area contributed by atoms with E-state index in [0.717, 1.165) is 18.4 Å². The van der Waals surface area contributed by atoms with Gasteiger partial charge in [-0.05, 0) is 30.5 Å². The van der Waals surface area contributed by atoms with Gasteiger partial charge in [-0.25, -0.2) is 8.42 Å². The van der Waals surface area contributed by atoms with Crippen LogP contribution in [0.3, 0.4) is 0 Å². The fourth-order valence-corrected chi connectivity index (χ4v) is 2.49. The molecule has 0 bridgehead atoms. The summed E-state index contributed by atoms with van der Waals surface area (Å²) in [5.41, 5.74) is 2.35. The van der Waals surface area contributed by atoms with E-state index >= 15 is 0 Å². The van der Waals surface area contributed by atoms with Crippen molar-refractivity contribution in [2.45, 2.75) is 25.1 Å². The minimum absolute atomic E-state index is 0.0197. The molecule has 0 radical (unpaired) electrons. The average Bonchev–Trinajstić information content (AvgIpc) is 2.32. The van der Waals surface area contributed by atoms with Crippen LogP contribution >= 0.6 is 0 Å². The molecule has 0 aromatic heterocycles. The lowest BCUT2D eigenvalue weighted by Gasteiger charge is -2.17. The van der Waals surface area contributed by atoms with E-state index in [2.05, 4.69) is 5.43 Å². The maximum Gasteiger partial charge on any atom is 0.416 e. The Morgan fingerprint density at radius 1 is 1.25 bits per heavy atom. The van der Waals surface area contributed by atoms with Crippen molar-refractivity contribution in [1.29, 1.82) is 0 Å². The maximum atomic E-state index is 12.4. The summed E-state index contributed by atoms with van der Waals surface area (Å²) in [6.45, 7) is 0. The van der Waals surface area contributed by atoms with Gasteiger partial charge in [-0.2, -0.15) is 13.2 Å². The molecule has 0 spiro atoms. The first kappa shape index (κ1) is 16.9. The highest BCUT2D eigenvalue weighted by molar-refractivity contribution is 7.90. The summed E-state index contributed by atoms with van der Waals surface area (Å²) in [6.07, 6.45) is -2.43. The largest absolute Gasteiger partial charge is 0.416 e. The quantitative estimate of drug-likeness (QED) is 0.623.